The van der Waals surface area contributed by atoms with Crippen LogP contribution in [0.5, 0.6) is 5.75 Å². The van der Waals surface area contributed by atoms with Crippen LogP contribution in [0.1, 0.15) is 0 Å². The van der Waals surface area contributed by atoms with Crippen molar-refractivity contribution in [3.05, 3.63) is 52.8 Å². The number of aromatic hydroxyl groups is 1. The number of phenols is 1. The lowest BCUT2D eigenvalue weighted by molar-refractivity contribution is -0.384. The predicted octanol–water partition coefficient (Wildman–Crippen LogP) is 1.50. The van der Waals surface area contributed by atoms with Crippen molar-refractivity contribution in [1.82, 2.24) is 4.98 Å². The lowest BCUT2D eigenvalue weighted by Crippen LogP contribution is -2.13. The number of phenolic OH excluding ortho intramolecular Hbond substituents is 1. The fraction of sp³-hybridized carbons (Fsp3) is 0. The number of aromatic nitrogens is 1. The van der Waals surface area contributed by atoms with E-state index < -0.39 is 20.7 Å². The smallest absolute Gasteiger partial charge is 0.271 e. The van der Waals surface area contributed by atoms with Gasteiger partial charge in [-0.15, -0.1) is 0 Å². The third-order valence-corrected chi connectivity index (χ3v) is 3.73. The Bertz CT molecular complexity index is 746. The SMILES string of the molecule is O=[N+]([O-])c1ccc(O)c(NS(=O)(=O)c2cccnc2)c1. The third-order valence-electron chi connectivity index (χ3n) is 2.38. The van der Waals surface area contributed by atoms with E-state index in [0.29, 0.717) is 0 Å². The molecular formula is C11H9N3O5S. The van der Waals surface area contributed by atoms with E-state index in [9.17, 15) is 23.6 Å². The van der Waals surface area contributed by atoms with Gasteiger partial charge in [0, 0.05) is 24.5 Å². The second kappa shape index (κ2) is 5.13. The van der Waals surface area contributed by atoms with Gasteiger partial charge in [-0.1, -0.05) is 0 Å². The van der Waals surface area contributed by atoms with Gasteiger partial charge in [-0.2, -0.15) is 0 Å². The van der Waals surface area contributed by atoms with Crippen LogP contribution in [-0.2, 0) is 10.0 Å². The van der Waals surface area contributed by atoms with E-state index >= 15 is 0 Å². The van der Waals surface area contributed by atoms with Gasteiger partial charge < -0.3 is 5.11 Å². The quantitative estimate of drug-likeness (QED) is 0.500. The highest BCUT2D eigenvalue weighted by atomic mass is 32.2. The molecule has 0 bridgehead atoms. The van der Waals surface area contributed by atoms with E-state index in [0.717, 1.165) is 24.4 Å². The summed E-state index contributed by atoms with van der Waals surface area (Å²) in [6.45, 7) is 0. The van der Waals surface area contributed by atoms with Gasteiger partial charge in [0.25, 0.3) is 15.7 Å². The first-order chi connectivity index (χ1) is 9.40. The van der Waals surface area contributed by atoms with Gasteiger partial charge in [0.05, 0.1) is 10.6 Å². The molecule has 104 valence electrons. The lowest BCUT2D eigenvalue weighted by Gasteiger charge is -2.09. The van der Waals surface area contributed by atoms with Crippen molar-refractivity contribution in [2.75, 3.05) is 4.72 Å². The number of non-ortho nitro benzene ring substituents is 1. The minimum atomic E-state index is -3.97. The minimum absolute atomic E-state index is 0.120. The van der Waals surface area contributed by atoms with Gasteiger partial charge in [-0.25, -0.2) is 8.42 Å². The number of rotatable bonds is 4. The van der Waals surface area contributed by atoms with E-state index in [1.807, 2.05) is 0 Å². The molecule has 0 saturated carbocycles. The molecule has 0 unspecified atom stereocenters. The van der Waals surface area contributed by atoms with Gasteiger partial charge in [0.15, 0.2) is 0 Å². The number of hydrogen-bond donors (Lipinski definition) is 2. The topological polar surface area (TPSA) is 122 Å². The van der Waals surface area contributed by atoms with Crippen LogP contribution in [0, 0.1) is 10.1 Å². The summed E-state index contributed by atoms with van der Waals surface area (Å²) in [5.41, 5.74) is -0.616. The Kier molecular flexibility index (Phi) is 3.53. The van der Waals surface area contributed by atoms with Crippen LogP contribution in [0.4, 0.5) is 11.4 Å². The number of anilines is 1. The number of nitro benzene ring substituents is 1. The molecule has 0 aliphatic carbocycles. The Hall–Kier alpha value is -2.68. The summed E-state index contributed by atoms with van der Waals surface area (Å²) in [4.78, 5) is 13.5. The summed E-state index contributed by atoms with van der Waals surface area (Å²) in [6.07, 6.45) is 2.53. The van der Waals surface area contributed by atoms with E-state index in [1.54, 1.807) is 0 Å². The molecule has 0 aliphatic rings. The molecule has 2 rings (SSSR count). The van der Waals surface area contributed by atoms with Crippen LogP contribution in [0.3, 0.4) is 0 Å². The van der Waals surface area contributed by atoms with Crippen LogP contribution < -0.4 is 4.72 Å². The molecule has 0 aliphatic heterocycles. The van der Waals surface area contributed by atoms with Crippen LogP contribution in [0.25, 0.3) is 0 Å². The van der Waals surface area contributed by atoms with Crippen LogP contribution >= 0.6 is 0 Å². The first-order valence-corrected chi connectivity index (χ1v) is 6.79. The molecule has 1 aromatic carbocycles. The Labute approximate surface area is 113 Å². The van der Waals surface area contributed by atoms with Crippen molar-refractivity contribution < 1.29 is 18.4 Å². The number of nitro groups is 1. The molecule has 20 heavy (non-hydrogen) atoms. The zero-order valence-corrected chi connectivity index (χ0v) is 10.7. The largest absolute Gasteiger partial charge is 0.506 e. The van der Waals surface area contributed by atoms with Crippen molar-refractivity contribution in [3.8, 4) is 5.75 Å². The molecule has 0 radical (unpaired) electrons. The second-order valence-corrected chi connectivity index (χ2v) is 5.44. The molecule has 0 spiro atoms. The third kappa shape index (κ3) is 2.83. The maximum atomic E-state index is 12.0. The highest BCUT2D eigenvalue weighted by Gasteiger charge is 2.18. The minimum Gasteiger partial charge on any atom is -0.506 e. The predicted molar refractivity (Wildman–Crippen MR) is 69.8 cm³/mol. The summed E-state index contributed by atoms with van der Waals surface area (Å²) in [5.74, 6) is -0.414. The van der Waals surface area contributed by atoms with Crippen LogP contribution in [-0.4, -0.2) is 23.4 Å². The monoisotopic (exact) mass is 295 g/mol. The highest BCUT2D eigenvalue weighted by molar-refractivity contribution is 7.92. The molecule has 2 N–H and O–H groups in total. The Balaban J connectivity index is 2.39. The van der Waals surface area contributed by atoms with Gasteiger partial charge in [-0.3, -0.25) is 19.8 Å². The summed E-state index contributed by atoms with van der Waals surface area (Å²) < 4.78 is 26.1. The van der Waals surface area contributed by atoms with E-state index in [-0.39, 0.29) is 16.3 Å². The summed E-state index contributed by atoms with van der Waals surface area (Å²) in [6, 6.07) is 5.78. The molecule has 0 saturated heterocycles. The van der Waals surface area contributed by atoms with Crippen molar-refractivity contribution in [3.63, 3.8) is 0 Å². The fourth-order valence-corrected chi connectivity index (χ4v) is 2.46. The zero-order valence-electron chi connectivity index (χ0n) is 9.92. The van der Waals surface area contributed by atoms with Gasteiger partial charge in [0.2, 0.25) is 0 Å². The van der Waals surface area contributed by atoms with E-state index in [4.69, 9.17) is 0 Å². The average molecular weight is 295 g/mol. The number of pyridine rings is 1. The summed E-state index contributed by atoms with van der Waals surface area (Å²) in [5, 5.41) is 20.2. The maximum absolute atomic E-state index is 12.0. The molecule has 9 heteroatoms. The lowest BCUT2D eigenvalue weighted by atomic mass is 10.2. The first kappa shape index (κ1) is 13.7. The molecular weight excluding hydrogens is 286 g/mol. The van der Waals surface area contributed by atoms with Crippen molar-refractivity contribution in [1.29, 1.82) is 0 Å². The molecule has 0 fully saturated rings. The molecule has 0 atom stereocenters. The van der Waals surface area contributed by atoms with Crippen molar-refractivity contribution in [2.24, 2.45) is 0 Å². The molecule has 1 aromatic heterocycles. The first-order valence-electron chi connectivity index (χ1n) is 5.30. The summed E-state index contributed by atoms with van der Waals surface area (Å²) in [7, 11) is -3.97. The normalized spacial score (nSPS) is 11.0. The average Bonchev–Trinajstić information content (AvgIpc) is 2.42. The number of sulfonamides is 1. The van der Waals surface area contributed by atoms with E-state index in [1.165, 1.54) is 18.3 Å². The Morgan fingerprint density at radius 1 is 1.30 bits per heavy atom. The number of hydrogen-bond acceptors (Lipinski definition) is 6. The molecule has 1 heterocycles. The Morgan fingerprint density at radius 2 is 2.05 bits per heavy atom. The number of benzene rings is 1. The van der Waals surface area contributed by atoms with Crippen molar-refractivity contribution >= 4 is 21.4 Å². The van der Waals surface area contributed by atoms with Gasteiger partial charge >= 0.3 is 0 Å². The standard InChI is InChI=1S/C11H9N3O5S/c15-11-4-3-8(14(16)17)6-10(11)13-20(18,19)9-2-1-5-12-7-9/h1-7,13,15H. The second-order valence-electron chi connectivity index (χ2n) is 3.75. The van der Waals surface area contributed by atoms with Crippen LogP contribution in [0.2, 0.25) is 0 Å². The molecule has 8 nitrogen and oxygen atoms in total. The molecule has 2 aromatic rings. The molecule has 0 amide bonds. The summed E-state index contributed by atoms with van der Waals surface area (Å²) >= 11 is 0. The van der Waals surface area contributed by atoms with Crippen LogP contribution in [0.15, 0.2) is 47.6 Å². The van der Waals surface area contributed by atoms with Gasteiger partial charge in [0.1, 0.15) is 10.6 Å². The Morgan fingerprint density at radius 3 is 2.65 bits per heavy atom. The van der Waals surface area contributed by atoms with Gasteiger partial charge in [-0.05, 0) is 18.2 Å². The number of nitrogens with one attached hydrogen (secondary N) is 1. The number of nitrogens with zero attached hydrogens (tertiary/aromatic N) is 2. The zero-order chi connectivity index (χ0) is 14.8. The highest BCUT2D eigenvalue weighted by Crippen LogP contribution is 2.29. The maximum Gasteiger partial charge on any atom is 0.271 e. The van der Waals surface area contributed by atoms with E-state index in [2.05, 4.69) is 9.71 Å². The van der Waals surface area contributed by atoms with Crippen molar-refractivity contribution in [2.45, 2.75) is 4.90 Å². The fourth-order valence-electron chi connectivity index (χ4n) is 1.43.